The van der Waals surface area contributed by atoms with Crippen LogP contribution in [0.3, 0.4) is 0 Å². The zero-order valence-corrected chi connectivity index (χ0v) is 17.6. The van der Waals surface area contributed by atoms with E-state index in [4.69, 9.17) is 4.74 Å². The lowest BCUT2D eigenvalue weighted by Gasteiger charge is -2.28. The highest BCUT2D eigenvalue weighted by atomic mass is 19.1. The first-order chi connectivity index (χ1) is 15.4. The Bertz CT molecular complexity index is 1190. The van der Waals surface area contributed by atoms with Crippen LogP contribution in [0.15, 0.2) is 41.5 Å². The number of Topliss-reactive ketones (excluding diaryl/α,β-unsaturated/α-hetero) is 1. The van der Waals surface area contributed by atoms with Crippen LogP contribution in [0.4, 0.5) is 13.2 Å². The maximum Gasteiger partial charge on any atom is 0.280 e. The van der Waals surface area contributed by atoms with Gasteiger partial charge in [-0.15, -0.1) is 0 Å². The van der Waals surface area contributed by atoms with Gasteiger partial charge in [0.15, 0.2) is 0 Å². The molecule has 1 saturated carbocycles. The Labute approximate surface area is 182 Å². The fraction of sp³-hybridized carbons (Fsp3) is 0.375. The molecule has 1 fully saturated rings. The van der Waals surface area contributed by atoms with E-state index in [0.717, 1.165) is 25.7 Å². The third kappa shape index (κ3) is 4.54. The Morgan fingerprint density at radius 3 is 2.44 bits per heavy atom. The summed E-state index contributed by atoms with van der Waals surface area (Å²) in [5.74, 6) is -2.13. The van der Waals surface area contributed by atoms with Gasteiger partial charge in [-0.1, -0.05) is 6.92 Å². The summed E-state index contributed by atoms with van der Waals surface area (Å²) in [5, 5.41) is 0.253. The molecule has 0 atom stereocenters. The summed E-state index contributed by atoms with van der Waals surface area (Å²) in [6.07, 6.45) is 4.80. The van der Waals surface area contributed by atoms with Crippen molar-refractivity contribution in [2.75, 3.05) is 0 Å². The molecule has 0 radical (unpaired) electrons. The molecule has 2 aromatic carbocycles. The molecule has 0 bridgehead atoms. The first kappa shape index (κ1) is 22.0. The van der Waals surface area contributed by atoms with Crippen molar-refractivity contribution in [1.29, 1.82) is 0 Å². The van der Waals surface area contributed by atoms with Gasteiger partial charge in [0.25, 0.3) is 5.56 Å². The highest BCUT2D eigenvalue weighted by Crippen LogP contribution is 2.30. The highest BCUT2D eigenvalue weighted by Gasteiger charge is 2.26. The lowest BCUT2D eigenvalue weighted by Crippen LogP contribution is -2.27. The van der Waals surface area contributed by atoms with E-state index in [1.807, 2.05) is 6.92 Å². The summed E-state index contributed by atoms with van der Waals surface area (Å²) >= 11 is 0. The average Bonchev–Trinajstić information content (AvgIpc) is 2.77. The number of rotatable bonds is 6. The SMILES string of the molecule is CCC(=O)C1CCC(Oc2ccc3c(c2)c(=O)ncn3Cc2c(F)cc(F)cc2F)CC1. The van der Waals surface area contributed by atoms with E-state index in [9.17, 15) is 22.8 Å². The molecule has 0 N–H and O–H groups in total. The van der Waals surface area contributed by atoms with E-state index < -0.39 is 23.0 Å². The smallest absolute Gasteiger partial charge is 0.280 e. The standard InChI is InChI=1S/C24H23F3N2O3/c1-2-23(30)14-3-5-16(6-4-14)32-17-7-8-22-18(11-17)24(31)28-13-29(22)12-19-20(26)9-15(25)10-21(19)27/h7-11,13-14,16H,2-6,12H2,1H3. The molecular formula is C24H23F3N2O3. The Morgan fingerprint density at radius 1 is 1.09 bits per heavy atom. The molecule has 0 aliphatic heterocycles. The van der Waals surface area contributed by atoms with Crippen molar-refractivity contribution in [2.45, 2.75) is 51.7 Å². The normalized spacial score (nSPS) is 18.6. The van der Waals surface area contributed by atoms with E-state index in [-0.39, 0.29) is 35.3 Å². The molecule has 3 aromatic rings. The maximum absolute atomic E-state index is 14.1. The first-order valence-electron chi connectivity index (χ1n) is 10.7. The highest BCUT2D eigenvalue weighted by molar-refractivity contribution is 5.81. The van der Waals surface area contributed by atoms with E-state index in [1.165, 1.54) is 10.9 Å². The van der Waals surface area contributed by atoms with Crippen LogP contribution in [0.1, 0.15) is 44.6 Å². The molecule has 8 heteroatoms. The largest absolute Gasteiger partial charge is 0.490 e. The van der Waals surface area contributed by atoms with Crippen molar-refractivity contribution >= 4 is 16.7 Å². The molecule has 32 heavy (non-hydrogen) atoms. The van der Waals surface area contributed by atoms with Crippen LogP contribution in [-0.4, -0.2) is 21.4 Å². The molecule has 0 amide bonds. The zero-order chi connectivity index (χ0) is 22.8. The molecule has 0 saturated heterocycles. The van der Waals surface area contributed by atoms with Gasteiger partial charge in [0.2, 0.25) is 0 Å². The van der Waals surface area contributed by atoms with Gasteiger partial charge in [-0.25, -0.2) is 13.2 Å². The Balaban J connectivity index is 1.56. The third-order valence-corrected chi connectivity index (χ3v) is 6.04. The van der Waals surface area contributed by atoms with Crippen molar-refractivity contribution in [2.24, 2.45) is 5.92 Å². The van der Waals surface area contributed by atoms with Crippen molar-refractivity contribution in [3.8, 4) is 5.75 Å². The number of ether oxygens (including phenoxy) is 1. The van der Waals surface area contributed by atoms with Crippen LogP contribution in [0, 0.1) is 23.4 Å². The fourth-order valence-corrected chi connectivity index (χ4v) is 4.27. The fourth-order valence-electron chi connectivity index (χ4n) is 4.27. The quantitative estimate of drug-likeness (QED) is 0.549. The van der Waals surface area contributed by atoms with Crippen LogP contribution in [0.2, 0.25) is 0 Å². The zero-order valence-electron chi connectivity index (χ0n) is 17.6. The number of benzene rings is 2. The third-order valence-electron chi connectivity index (χ3n) is 6.04. The number of halogens is 3. The lowest BCUT2D eigenvalue weighted by molar-refractivity contribution is -0.123. The number of carbonyl (C=O) groups excluding carboxylic acids is 1. The second-order valence-electron chi connectivity index (χ2n) is 8.12. The monoisotopic (exact) mass is 444 g/mol. The second-order valence-corrected chi connectivity index (χ2v) is 8.12. The van der Waals surface area contributed by atoms with E-state index in [1.54, 1.807) is 18.2 Å². The number of fused-ring (bicyclic) bond motifs is 1. The van der Waals surface area contributed by atoms with E-state index in [0.29, 0.717) is 29.8 Å². The number of nitrogens with zero attached hydrogens (tertiary/aromatic N) is 2. The summed E-state index contributed by atoms with van der Waals surface area (Å²) in [4.78, 5) is 28.0. The molecule has 5 nitrogen and oxygen atoms in total. The minimum absolute atomic E-state index is 0.0466. The van der Waals surface area contributed by atoms with Gasteiger partial charge in [0.1, 0.15) is 29.0 Å². The predicted molar refractivity (Wildman–Crippen MR) is 113 cm³/mol. The molecule has 1 heterocycles. The van der Waals surface area contributed by atoms with Crippen LogP contribution in [0.5, 0.6) is 5.75 Å². The number of hydrogen-bond donors (Lipinski definition) is 0. The Morgan fingerprint density at radius 2 is 1.78 bits per heavy atom. The van der Waals surface area contributed by atoms with Crippen molar-refractivity contribution in [1.82, 2.24) is 9.55 Å². The average molecular weight is 444 g/mol. The van der Waals surface area contributed by atoms with Crippen LogP contribution in [0.25, 0.3) is 10.9 Å². The van der Waals surface area contributed by atoms with Crippen LogP contribution >= 0.6 is 0 Å². The molecule has 0 unspecified atom stereocenters. The van der Waals surface area contributed by atoms with Gasteiger partial charge >= 0.3 is 0 Å². The predicted octanol–water partition coefficient (Wildman–Crippen LogP) is 4.78. The second kappa shape index (κ2) is 9.14. The molecular weight excluding hydrogens is 421 g/mol. The van der Waals surface area contributed by atoms with Gasteiger partial charge < -0.3 is 9.30 Å². The van der Waals surface area contributed by atoms with Gasteiger partial charge in [-0.3, -0.25) is 9.59 Å². The van der Waals surface area contributed by atoms with Gasteiger partial charge in [-0.05, 0) is 43.9 Å². The molecule has 1 aliphatic carbocycles. The maximum atomic E-state index is 14.1. The Hall–Kier alpha value is -3.16. The van der Waals surface area contributed by atoms with Crippen molar-refractivity contribution in [3.63, 3.8) is 0 Å². The topological polar surface area (TPSA) is 61.2 Å². The summed E-state index contributed by atoms with van der Waals surface area (Å²) in [7, 11) is 0. The molecule has 168 valence electrons. The van der Waals surface area contributed by atoms with Crippen LogP contribution in [-0.2, 0) is 11.3 Å². The van der Waals surface area contributed by atoms with E-state index in [2.05, 4.69) is 4.98 Å². The van der Waals surface area contributed by atoms with Gasteiger partial charge in [0, 0.05) is 30.0 Å². The van der Waals surface area contributed by atoms with E-state index >= 15 is 0 Å². The molecule has 1 aliphatic rings. The summed E-state index contributed by atoms with van der Waals surface area (Å²) < 4.78 is 48.8. The number of hydrogen-bond acceptors (Lipinski definition) is 4. The first-order valence-corrected chi connectivity index (χ1v) is 10.7. The van der Waals surface area contributed by atoms with Crippen molar-refractivity contribution in [3.05, 3.63) is 70.0 Å². The summed E-state index contributed by atoms with van der Waals surface area (Å²) in [6.45, 7) is 1.62. The number of carbonyl (C=O) groups is 1. The number of ketones is 1. The lowest BCUT2D eigenvalue weighted by atomic mass is 9.84. The summed E-state index contributed by atoms with van der Waals surface area (Å²) in [6, 6.07) is 6.14. The minimum atomic E-state index is -1.01. The number of aromatic nitrogens is 2. The van der Waals surface area contributed by atoms with Crippen LogP contribution < -0.4 is 10.3 Å². The molecule has 1 aromatic heterocycles. The summed E-state index contributed by atoms with van der Waals surface area (Å²) in [5.41, 5.74) is -0.381. The van der Waals surface area contributed by atoms with Crippen molar-refractivity contribution < 1.29 is 22.7 Å². The molecule has 4 rings (SSSR count). The molecule has 0 spiro atoms. The Kier molecular flexibility index (Phi) is 6.30. The minimum Gasteiger partial charge on any atom is -0.490 e. The van der Waals surface area contributed by atoms with Gasteiger partial charge in [-0.2, -0.15) is 4.98 Å². The van der Waals surface area contributed by atoms with Gasteiger partial charge in [0.05, 0.1) is 29.9 Å².